The Labute approximate surface area is 121 Å². The molecule has 1 aliphatic rings. The summed E-state index contributed by atoms with van der Waals surface area (Å²) in [4.78, 5) is 0.0995. The first-order valence-corrected chi connectivity index (χ1v) is 8.44. The van der Waals surface area contributed by atoms with Crippen molar-refractivity contribution in [2.24, 2.45) is 5.92 Å². The highest BCUT2D eigenvalue weighted by molar-refractivity contribution is 7.85. The molecule has 1 aliphatic carbocycles. The fourth-order valence-corrected chi connectivity index (χ4v) is 4.35. The summed E-state index contributed by atoms with van der Waals surface area (Å²) in [6.45, 7) is 0. The molecule has 0 saturated heterocycles. The average molecular weight is 301 g/mol. The van der Waals surface area contributed by atoms with Crippen molar-refractivity contribution in [3.05, 3.63) is 29.8 Å². The SMILES string of the molecule is CNC(CS(=O)c1ccc(F)cc1F)C1CCCCC1. The van der Waals surface area contributed by atoms with Crippen LogP contribution in [0.1, 0.15) is 32.1 Å². The van der Waals surface area contributed by atoms with E-state index in [2.05, 4.69) is 5.32 Å². The minimum atomic E-state index is -1.44. The molecular weight excluding hydrogens is 280 g/mol. The maximum atomic E-state index is 13.6. The molecule has 1 aromatic carbocycles. The molecule has 2 rings (SSSR count). The third-order valence-corrected chi connectivity index (χ3v) is 5.54. The van der Waals surface area contributed by atoms with Gasteiger partial charge in [-0.1, -0.05) is 19.3 Å². The van der Waals surface area contributed by atoms with Crippen LogP contribution >= 0.6 is 0 Å². The van der Waals surface area contributed by atoms with E-state index in [4.69, 9.17) is 0 Å². The second-order valence-electron chi connectivity index (χ2n) is 5.38. The van der Waals surface area contributed by atoms with Crippen LogP contribution in [0.5, 0.6) is 0 Å². The lowest BCUT2D eigenvalue weighted by Gasteiger charge is -2.29. The van der Waals surface area contributed by atoms with Crippen molar-refractivity contribution < 1.29 is 13.0 Å². The molecule has 1 N–H and O–H groups in total. The number of benzene rings is 1. The van der Waals surface area contributed by atoms with Crippen LogP contribution in [0.2, 0.25) is 0 Å². The first-order valence-electron chi connectivity index (χ1n) is 7.12. The fourth-order valence-electron chi connectivity index (χ4n) is 2.90. The lowest BCUT2D eigenvalue weighted by atomic mass is 9.84. The van der Waals surface area contributed by atoms with Gasteiger partial charge in [-0.3, -0.25) is 4.21 Å². The molecule has 5 heteroatoms. The zero-order valence-electron chi connectivity index (χ0n) is 11.7. The Morgan fingerprint density at radius 3 is 2.60 bits per heavy atom. The quantitative estimate of drug-likeness (QED) is 0.904. The van der Waals surface area contributed by atoms with Crippen LogP contribution in [0.4, 0.5) is 8.78 Å². The Bertz CT molecular complexity index is 475. The lowest BCUT2D eigenvalue weighted by molar-refractivity contribution is 0.293. The standard InChI is InChI=1S/C15H21F2NOS/c1-18-14(11-5-3-2-4-6-11)10-20(19)15-8-7-12(16)9-13(15)17/h7-9,11,14,18H,2-6,10H2,1H3. The lowest BCUT2D eigenvalue weighted by Crippen LogP contribution is -2.39. The summed E-state index contributed by atoms with van der Waals surface area (Å²) in [5.41, 5.74) is 0. The number of hydrogen-bond acceptors (Lipinski definition) is 2. The molecule has 112 valence electrons. The van der Waals surface area contributed by atoms with Crippen LogP contribution in [0.25, 0.3) is 0 Å². The summed E-state index contributed by atoms with van der Waals surface area (Å²) in [6.07, 6.45) is 5.95. The normalized spacial score (nSPS) is 19.8. The largest absolute Gasteiger partial charge is 0.316 e. The van der Waals surface area contributed by atoms with E-state index < -0.39 is 22.4 Å². The van der Waals surface area contributed by atoms with E-state index in [0.29, 0.717) is 11.7 Å². The highest BCUT2D eigenvalue weighted by atomic mass is 32.2. The molecule has 0 bridgehead atoms. The van der Waals surface area contributed by atoms with Crippen molar-refractivity contribution >= 4 is 10.8 Å². The number of halogens is 2. The van der Waals surface area contributed by atoms with Crippen LogP contribution in [0.3, 0.4) is 0 Å². The first kappa shape index (κ1) is 15.6. The van der Waals surface area contributed by atoms with Gasteiger partial charge in [0.1, 0.15) is 11.6 Å². The van der Waals surface area contributed by atoms with Crippen LogP contribution in [-0.4, -0.2) is 23.1 Å². The number of nitrogens with one attached hydrogen (secondary N) is 1. The zero-order chi connectivity index (χ0) is 14.5. The summed E-state index contributed by atoms with van der Waals surface area (Å²) in [7, 11) is 0.420. The van der Waals surface area contributed by atoms with E-state index in [1.165, 1.54) is 25.3 Å². The van der Waals surface area contributed by atoms with Gasteiger partial charge in [0.05, 0.1) is 15.7 Å². The summed E-state index contributed by atoms with van der Waals surface area (Å²) in [6, 6.07) is 3.36. The van der Waals surface area contributed by atoms with Gasteiger partial charge in [0.15, 0.2) is 0 Å². The van der Waals surface area contributed by atoms with Crippen LogP contribution in [0, 0.1) is 17.6 Å². The molecule has 0 aromatic heterocycles. The summed E-state index contributed by atoms with van der Waals surface area (Å²) in [5.74, 6) is -0.479. The maximum absolute atomic E-state index is 13.6. The van der Waals surface area contributed by atoms with E-state index in [9.17, 15) is 13.0 Å². The Hall–Kier alpha value is -0.810. The molecule has 2 atom stereocenters. The number of rotatable bonds is 5. The van der Waals surface area contributed by atoms with Gasteiger partial charge in [0.2, 0.25) is 0 Å². The monoisotopic (exact) mass is 301 g/mol. The molecule has 2 unspecified atom stereocenters. The van der Waals surface area contributed by atoms with Crippen molar-refractivity contribution in [1.82, 2.24) is 5.32 Å². The Morgan fingerprint density at radius 2 is 2.00 bits per heavy atom. The zero-order valence-corrected chi connectivity index (χ0v) is 12.5. The topological polar surface area (TPSA) is 29.1 Å². The van der Waals surface area contributed by atoms with Crippen LogP contribution in [-0.2, 0) is 10.8 Å². The van der Waals surface area contributed by atoms with Crippen molar-refractivity contribution in [3.63, 3.8) is 0 Å². The van der Waals surface area contributed by atoms with E-state index in [-0.39, 0.29) is 10.9 Å². The minimum absolute atomic E-state index is 0.0995. The highest BCUT2D eigenvalue weighted by Gasteiger charge is 2.25. The second kappa shape index (κ2) is 7.27. The molecule has 1 fully saturated rings. The summed E-state index contributed by atoms with van der Waals surface area (Å²) >= 11 is 0. The van der Waals surface area contributed by atoms with Crippen LogP contribution in [0.15, 0.2) is 23.1 Å². The van der Waals surface area contributed by atoms with Gasteiger partial charge in [0, 0.05) is 17.9 Å². The molecule has 1 aromatic rings. The number of hydrogen-bond donors (Lipinski definition) is 1. The fraction of sp³-hybridized carbons (Fsp3) is 0.600. The Morgan fingerprint density at radius 1 is 1.30 bits per heavy atom. The van der Waals surface area contributed by atoms with Crippen molar-refractivity contribution in [2.75, 3.05) is 12.8 Å². The van der Waals surface area contributed by atoms with Crippen molar-refractivity contribution in [2.45, 2.75) is 43.0 Å². The predicted octanol–water partition coefficient (Wildman–Crippen LogP) is 3.24. The van der Waals surface area contributed by atoms with E-state index >= 15 is 0 Å². The molecule has 20 heavy (non-hydrogen) atoms. The smallest absolute Gasteiger partial charge is 0.142 e. The van der Waals surface area contributed by atoms with E-state index in [1.807, 2.05) is 7.05 Å². The van der Waals surface area contributed by atoms with Gasteiger partial charge in [-0.25, -0.2) is 8.78 Å². The summed E-state index contributed by atoms with van der Waals surface area (Å²) in [5, 5.41) is 3.21. The molecule has 2 nitrogen and oxygen atoms in total. The van der Waals surface area contributed by atoms with Gasteiger partial charge < -0.3 is 5.32 Å². The molecule has 0 heterocycles. The Kier molecular flexibility index (Phi) is 5.66. The van der Waals surface area contributed by atoms with Gasteiger partial charge in [0.25, 0.3) is 0 Å². The van der Waals surface area contributed by atoms with Gasteiger partial charge in [-0.05, 0) is 37.9 Å². The Balaban J connectivity index is 2.04. The highest BCUT2D eigenvalue weighted by Crippen LogP contribution is 2.27. The second-order valence-corrected chi connectivity index (χ2v) is 6.84. The average Bonchev–Trinajstić information content (AvgIpc) is 2.45. The molecule has 1 saturated carbocycles. The molecule has 0 spiro atoms. The van der Waals surface area contributed by atoms with E-state index in [0.717, 1.165) is 25.0 Å². The molecule has 0 aliphatic heterocycles. The minimum Gasteiger partial charge on any atom is -0.316 e. The summed E-state index contributed by atoms with van der Waals surface area (Å²) < 4.78 is 38.8. The van der Waals surface area contributed by atoms with Crippen LogP contribution < -0.4 is 5.32 Å². The third kappa shape index (κ3) is 3.85. The van der Waals surface area contributed by atoms with Crippen molar-refractivity contribution in [3.8, 4) is 0 Å². The van der Waals surface area contributed by atoms with Gasteiger partial charge in [-0.15, -0.1) is 0 Å². The third-order valence-electron chi connectivity index (χ3n) is 4.06. The van der Waals surface area contributed by atoms with E-state index in [1.54, 1.807) is 0 Å². The van der Waals surface area contributed by atoms with Gasteiger partial charge >= 0.3 is 0 Å². The van der Waals surface area contributed by atoms with Gasteiger partial charge in [-0.2, -0.15) is 0 Å². The molecular formula is C15H21F2NOS. The predicted molar refractivity (Wildman–Crippen MR) is 77.1 cm³/mol. The molecule has 0 radical (unpaired) electrons. The first-order chi connectivity index (χ1) is 9.61. The van der Waals surface area contributed by atoms with Crippen molar-refractivity contribution in [1.29, 1.82) is 0 Å². The maximum Gasteiger partial charge on any atom is 0.142 e. The molecule has 0 amide bonds.